The first-order chi connectivity index (χ1) is 15.6. The fourth-order valence-corrected chi connectivity index (χ4v) is 6.97. The molecule has 3 aromatic rings. The van der Waals surface area contributed by atoms with Crippen LogP contribution in [0, 0.1) is 18.3 Å². The van der Waals surface area contributed by atoms with Crippen LogP contribution in [0.1, 0.15) is 30.7 Å². The van der Waals surface area contributed by atoms with E-state index in [1.54, 1.807) is 0 Å². The predicted octanol–water partition coefficient (Wildman–Crippen LogP) is 4.27. The van der Waals surface area contributed by atoms with Gasteiger partial charge >= 0.3 is 0 Å². The zero-order valence-electron chi connectivity index (χ0n) is 19.3. The van der Waals surface area contributed by atoms with Crippen molar-refractivity contribution in [2.45, 2.75) is 38.8 Å². The number of anilines is 1. The number of H-pyrrole nitrogens is 1. The first kappa shape index (κ1) is 19.1. The Labute approximate surface area is 190 Å². The Kier molecular flexibility index (Phi) is 4.07. The van der Waals surface area contributed by atoms with E-state index in [2.05, 4.69) is 70.1 Å². The number of hydrogen-bond acceptors (Lipinski definition) is 4. The molecule has 0 bridgehead atoms. The van der Waals surface area contributed by atoms with Gasteiger partial charge < -0.3 is 14.8 Å². The van der Waals surface area contributed by atoms with E-state index >= 15 is 0 Å². The Morgan fingerprint density at radius 1 is 1.06 bits per heavy atom. The second kappa shape index (κ2) is 6.82. The highest BCUT2D eigenvalue weighted by molar-refractivity contribution is 5.94. The summed E-state index contributed by atoms with van der Waals surface area (Å²) in [6, 6.07) is 14.5. The number of aryl methyl sites for hydroxylation is 1. The molecule has 5 nitrogen and oxygen atoms in total. The maximum atomic E-state index is 4.97. The standard InChI is InChI=1S/C27H33N5/c1-18-13-24-23(14-21(29-24)16-32-17-27-15-20(27)5-8-25(27)32)26(28-18)19-3-6-22(7-4-19)31-11-9-30(2)10-12-31/h3-4,6-7,13-14,20,25,29H,5,8-12,15-17H2,1-2H3. The average Bonchev–Trinajstić information content (AvgIpc) is 3.25. The fraction of sp³-hybridized carbons (Fsp3) is 0.519. The molecule has 166 valence electrons. The van der Waals surface area contributed by atoms with E-state index < -0.39 is 0 Å². The van der Waals surface area contributed by atoms with E-state index in [0.29, 0.717) is 0 Å². The fourth-order valence-electron chi connectivity index (χ4n) is 6.97. The minimum Gasteiger partial charge on any atom is -0.369 e. The highest BCUT2D eigenvalue weighted by Crippen LogP contribution is 2.70. The lowest BCUT2D eigenvalue weighted by molar-refractivity contribution is -0.00259. The molecular formula is C27H33N5. The molecule has 0 radical (unpaired) electrons. The largest absolute Gasteiger partial charge is 0.369 e. The lowest BCUT2D eigenvalue weighted by Crippen LogP contribution is -2.55. The van der Waals surface area contributed by atoms with Gasteiger partial charge in [-0.2, -0.15) is 0 Å². The van der Waals surface area contributed by atoms with Gasteiger partial charge in [0.05, 0.1) is 5.69 Å². The third kappa shape index (κ3) is 2.87. The van der Waals surface area contributed by atoms with Crippen molar-refractivity contribution in [2.75, 3.05) is 44.7 Å². The van der Waals surface area contributed by atoms with E-state index in [0.717, 1.165) is 61.5 Å². The van der Waals surface area contributed by atoms with Crippen LogP contribution in [-0.4, -0.2) is 65.6 Å². The molecule has 2 aromatic heterocycles. The molecule has 2 aliphatic heterocycles. The van der Waals surface area contributed by atoms with Crippen LogP contribution < -0.4 is 4.90 Å². The summed E-state index contributed by atoms with van der Waals surface area (Å²) in [6.07, 6.45) is 4.37. The van der Waals surface area contributed by atoms with Gasteiger partial charge in [0.1, 0.15) is 0 Å². The second-order valence-corrected chi connectivity index (χ2v) is 10.8. The normalized spacial score (nSPS) is 29.8. The molecule has 4 aliphatic rings. The van der Waals surface area contributed by atoms with Crippen LogP contribution in [0.15, 0.2) is 36.4 Å². The topological polar surface area (TPSA) is 38.4 Å². The number of nitrogens with zero attached hydrogens (tertiary/aromatic N) is 4. The third-order valence-corrected chi connectivity index (χ3v) is 8.85. The molecule has 2 saturated heterocycles. The van der Waals surface area contributed by atoms with Crippen molar-refractivity contribution < 1.29 is 0 Å². The van der Waals surface area contributed by atoms with Crippen LogP contribution in [-0.2, 0) is 6.54 Å². The van der Waals surface area contributed by atoms with Crippen LogP contribution >= 0.6 is 0 Å². The number of rotatable bonds is 4. The van der Waals surface area contributed by atoms with Gasteiger partial charge in [0.25, 0.3) is 0 Å². The minimum atomic E-state index is 0.737. The molecule has 1 spiro atoms. The van der Waals surface area contributed by atoms with Crippen LogP contribution in [0.5, 0.6) is 0 Å². The van der Waals surface area contributed by atoms with Crippen molar-refractivity contribution >= 4 is 16.6 Å². The summed E-state index contributed by atoms with van der Waals surface area (Å²) in [5.41, 5.74) is 8.00. The van der Waals surface area contributed by atoms with Crippen molar-refractivity contribution in [3.63, 3.8) is 0 Å². The monoisotopic (exact) mass is 427 g/mol. The molecule has 7 rings (SSSR count). The van der Waals surface area contributed by atoms with Crippen molar-refractivity contribution in [2.24, 2.45) is 11.3 Å². The number of fused-ring (bicyclic) bond motifs is 1. The molecule has 0 amide bonds. The minimum absolute atomic E-state index is 0.737. The SMILES string of the molecule is Cc1cc2[nH]c(CN3CC45CC4CCC35)cc2c(-c2ccc(N3CCN(C)CC3)cc2)n1. The summed E-state index contributed by atoms with van der Waals surface area (Å²) in [5, 5.41) is 1.25. The highest BCUT2D eigenvalue weighted by Gasteiger charge is 2.70. The lowest BCUT2D eigenvalue weighted by atomic mass is 9.86. The number of aromatic nitrogens is 2. The molecule has 4 fully saturated rings. The van der Waals surface area contributed by atoms with Crippen LogP contribution in [0.25, 0.3) is 22.2 Å². The molecular weight excluding hydrogens is 394 g/mol. The number of benzene rings is 1. The van der Waals surface area contributed by atoms with E-state index in [4.69, 9.17) is 4.98 Å². The predicted molar refractivity (Wildman–Crippen MR) is 130 cm³/mol. The number of aromatic amines is 1. The molecule has 3 unspecified atom stereocenters. The summed E-state index contributed by atoms with van der Waals surface area (Å²) < 4.78 is 0. The highest BCUT2D eigenvalue weighted by atomic mass is 15.3. The summed E-state index contributed by atoms with van der Waals surface area (Å²) in [7, 11) is 2.21. The van der Waals surface area contributed by atoms with Gasteiger partial charge in [-0.1, -0.05) is 12.1 Å². The molecule has 2 saturated carbocycles. The summed E-state index contributed by atoms with van der Waals surface area (Å²) in [6.45, 7) is 8.94. The van der Waals surface area contributed by atoms with Crippen molar-refractivity contribution in [3.8, 4) is 11.3 Å². The zero-order chi connectivity index (χ0) is 21.4. The Bertz CT molecular complexity index is 1170. The van der Waals surface area contributed by atoms with E-state index in [-0.39, 0.29) is 0 Å². The molecule has 2 aliphatic carbocycles. The Morgan fingerprint density at radius 2 is 1.88 bits per heavy atom. The molecule has 3 atom stereocenters. The van der Waals surface area contributed by atoms with E-state index in [9.17, 15) is 0 Å². The summed E-state index contributed by atoms with van der Waals surface area (Å²) in [5.74, 6) is 1.05. The summed E-state index contributed by atoms with van der Waals surface area (Å²) in [4.78, 5) is 16.3. The molecule has 4 heterocycles. The van der Waals surface area contributed by atoms with Gasteiger partial charge in [0, 0.05) is 84.3 Å². The number of hydrogen-bond donors (Lipinski definition) is 1. The number of piperazine rings is 1. The van der Waals surface area contributed by atoms with Crippen LogP contribution in [0.3, 0.4) is 0 Å². The number of likely N-dealkylation sites (N-methyl/N-ethyl adjacent to an activating group) is 1. The van der Waals surface area contributed by atoms with Gasteiger partial charge in [0.2, 0.25) is 0 Å². The van der Waals surface area contributed by atoms with Crippen LogP contribution in [0.2, 0.25) is 0 Å². The third-order valence-electron chi connectivity index (χ3n) is 8.85. The first-order valence-corrected chi connectivity index (χ1v) is 12.4. The Hall–Kier alpha value is -2.37. The van der Waals surface area contributed by atoms with Gasteiger partial charge in [-0.3, -0.25) is 9.88 Å². The molecule has 5 heteroatoms. The van der Waals surface area contributed by atoms with Gasteiger partial charge in [-0.15, -0.1) is 0 Å². The lowest BCUT2D eigenvalue weighted by Gasteiger charge is -2.47. The van der Waals surface area contributed by atoms with Crippen LogP contribution in [0.4, 0.5) is 5.69 Å². The van der Waals surface area contributed by atoms with E-state index in [1.165, 1.54) is 53.7 Å². The molecule has 1 aromatic carbocycles. The molecule has 1 N–H and O–H groups in total. The Morgan fingerprint density at radius 3 is 2.62 bits per heavy atom. The van der Waals surface area contributed by atoms with Crippen molar-refractivity contribution in [1.82, 2.24) is 19.8 Å². The quantitative estimate of drug-likeness (QED) is 0.675. The van der Waals surface area contributed by atoms with Gasteiger partial charge in [-0.05, 0) is 63.4 Å². The van der Waals surface area contributed by atoms with Gasteiger partial charge in [-0.25, -0.2) is 0 Å². The Balaban J connectivity index is 1.15. The maximum absolute atomic E-state index is 4.97. The summed E-state index contributed by atoms with van der Waals surface area (Å²) >= 11 is 0. The number of pyridine rings is 1. The second-order valence-electron chi connectivity index (χ2n) is 10.8. The van der Waals surface area contributed by atoms with Crippen molar-refractivity contribution in [1.29, 1.82) is 0 Å². The maximum Gasteiger partial charge on any atom is 0.0799 e. The average molecular weight is 428 g/mol. The van der Waals surface area contributed by atoms with E-state index in [1.807, 2.05) is 0 Å². The number of likely N-dealkylation sites (tertiary alicyclic amines) is 1. The smallest absolute Gasteiger partial charge is 0.0799 e. The molecule has 32 heavy (non-hydrogen) atoms. The van der Waals surface area contributed by atoms with Crippen molar-refractivity contribution in [3.05, 3.63) is 47.8 Å². The van der Waals surface area contributed by atoms with Gasteiger partial charge in [0.15, 0.2) is 0 Å². The number of nitrogens with one attached hydrogen (secondary N) is 1. The zero-order valence-corrected chi connectivity index (χ0v) is 19.3. The first-order valence-electron chi connectivity index (χ1n) is 12.4.